The van der Waals surface area contributed by atoms with Gasteiger partial charge in [0.05, 0.1) is 0 Å². The third kappa shape index (κ3) is 3.36. The quantitative estimate of drug-likeness (QED) is 0.773. The van der Waals surface area contributed by atoms with Gasteiger partial charge < -0.3 is 5.32 Å². The van der Waals surface area contributed by atoms with Gasteiger partial charge in [0.15, 0.2) is 0 Å². The minimum absolute atomic E-state index is 0.205. The highest BCUT2D eigenvalue weighted by Gasteiger charge is 2.12. The number of hydrogen-bond acceptors (Lipinski definition) is 1. The predicted octanol–water partition coefficient (Wildman–Crippen LogP) is 5.49. The lowest BCUT2D eigenvalue weighted by molar-refractivity contribution is 0.590. The van der Waals surface area contributed by atoms with Crippen molar-refractivity contribution in [1.82, 2.24) is 0 Å². The molecule has 0 amide bonds. The van der Waals surface area contributed by atoms with Crippen LogP contribution >= 0.6 is 15.9 Å². The molecule has 2 rings (SSSR count). The summed E-state index contributed by atoms with van der Waals surface area (Å²) in [5, 5.41) is 3.39. The van der Waals surface area contributed by atoms with Gasteiger partial charge >= 0.3 is 0 Å². The van der Waals surface area contributed by atoms with E-state index in [1.54, 1.807) is 0 Å². The molecule has 0 saturated carbocycles. The van der Waals surface area contributed by atoms with E-state index in [9.17, 15) is 0 Å². The second-order valence-corrected chi connectivity index (χ2v) is 6.37. The molecule has 0 heterocycles. The van der Waals surface area contributed by atoms with Gasteiger partial charge in [0.1, 0.15) is 0 Å². The summed E-state index contributed by atoms with van der Waals surface area (Å²) in [6.07, 6.45) is 0. The molecular formula is C16H18BrN. The molecule has 1 N–H and O–H groups in total. The standard InChI is InChI=1S/C16H18BrN/c1-16(2,3)12-4-8-14(9-5-12)18-15-10-6-13(17)7-11-15/h4-11,18H,1-3H3. The third-order valence-corrected chi connectivity index (χ3v) is 3.41. The lowest BCUT2D eigenvalue weighted by Gasteiger charge is -2.19. The van der Waals surface area contributed by atoms with E-state index in [0.717, 1.165) is 15.8 Å². The molecule has 2 aromatic carbocycles. The summed E-state index contributed by atoms with van der Waals surface area (Å²) in [5.74, 6) is 0. The fourth-order valence-corrected chi connectivity index (χ4v) is 2.02. The molecule has 2 heteroatoms. The van der Waals surface area contributed by atoms with Crippen LogP contribution in [-0.2, 0) is 5.41 Å². The van der Waals surface area contributed by atoms with Gasteiger partial charge in [0.25, 0.3) is 0 Å². The van der Waals surface area contributed by atoms with Gasteiger partial charge in [0.2, 0.25) is 0 Å². The van der Waals surface area contributed by atoms with E-state index in [0.29, 0.717) is 0 Å². The smallest absolute Gasteiger partial charge is 0.0384 e. The predicted molar refractivity (Wildman–Crippen MR) is 82.6 cm³/mol. The van der Waals surface area contributed by atoms with Crippen molar-refractivity contribution in [3.05, 3.63) is 58.6 Å². The summed E-state index contributed by atoms with van der Waals surface area (Å²) >= 11 is 3.43. The largest absolute Gasteiger partial charge is 0.356 e. The molecule has 0 unspecified atom stereocenters. The molecule has 2 aromatic rings. The Morgan fingerprint density at radius 3 is 1.67 bits per heavy atom. The Hall–Kier alpha value is -1.28. The van der Waals surface area contributed by atoms with Crippen molar-refractivity contribution in [3.63, 3.8) is 0 Å². The Bertz CT molecular complexity index is 506. The van der Waals surface area contributed by atoms with Crippen molar-refractivity contribution in [3.8, 4) is 0 Å². The van der Waals surface area contributed by atoms with Crippen molar-refractivity contribution < 1.29 is 0 Å². The average molecular weight is 304 g/mol. The van der Waals surface area contributed by atoms with E-state index in [1.165, 1.54) is 5.56 Å². The van der Waals surface area contributed by atoms with Gasteiger partial charge in [-0.2, -0.15) is 0 Å². The van der Waals surface area contributed by atoms with Gasteiger partial charge in [-0.3, -0.25) is 0 Å². The third-order valence-electron chi connectivity index (χ3n) is 2.88. The minimum atomic E-state index is 0.205. The number of benzene rings is 2. The Morgan fingerprint density at radius 1 is 0.778 bits per heavy atom. The van der Waals surface area contributed by atoms with E-state index < -0.39 is 0 Å². The molecule has 0 fully saturated rings. The topological polar surface area (TPSA) is 12.0 Å². The summed E-state index contributed by atoms with van der Waals surface area (Å²) in [7, 11) is 0. The van der Waals surface area contributed by atoms with Crippen LogP contribution < -0.4 is 5.32 Å². The van der Waals surface area contributed by atoms with Gasteiger partial charge in [-0.15, -0.1) is 0 Å². The maximum absolute atomic E-state index is 3.43. The maximum Gasteiger partial charge on any atom is 0.0384 e. The van der Waals surface area contributed by atoms with Crippen LogP contribution in [0, 0.1) is 0 Å². The highest BCUT2D eigenvalue weighted by Crippen LogP contribution is 2.25. The van der Waals surface area contributed by atoms with E-state index in [-0.39, 0.29) is 5.41 Å². The summed E-state index contributed by atoms with van der Waals surface area (Å²) in [5.41, 5.74) is 3.77. The molecule has 0 aromatic heterocycles. The van der Waals surface area contributed by atoms with Crippen molar-refractivity contribution >= 4 is 27.3 Å². The van der Waals surface area contributed by atoms with Crippen LogP contribution in [0.1, 0.15) is 26.3 Å². The maximum atomic E-state index is 3.43. The first kappa shape index (κ1) is 13.2. The van der Waals surface area contributed by atoms with Gasteiger partial charge in [-0.05, 0) is 47.4 Å². The highest BCUT2D eigenvalue weighted by molar-refractivity contribution is 9.10. The van der Waals surface area contributed by atoms with Crippen LogP contribution in [0.25, 0.3) is 0 Å². The average Bonchev–Trinajstić information content (AvgIpc) is 2.32. The lowest BCUT2D eigenvalue weighted by atomic mass is 9.87. The first-order valence-corrected chi connectivity index (χ1v) is 6.87. The summed E-state index contributed by atoms with van der Waals surface area (Å²) < 4.78 is 1.09. The van der Waals surface area contributed by atoms with Gasteiger partial charge in [-0.25, -0.2) is 0 Å². The highest BCUT2D eigenvalue weighted by atomic mass is 79.9. The van der Waals surface area contributed by atoms with Gasteiger partial charge in [-0.1, -0.05) is 48.8 Å². The second-order valence-electron chi connectivity index (χ2n) is 5.46. The molecular weight excluding hydrogens is 286 g/mol. The van der Waals surface area contributed by atoms with E-state index in [4.69, 9.17) is 0 Å². The van der Waals surface area contributed by atoms with Crippen LogP contribution in [0.3, 0.4) is 0 Å². The molecule has 0 radical (unpaired) electrons. The zero-order chi connectivity index (χ0) is 13.2. The Balaban J connectivity index is 2.13. The number of rotatable bonds is 2. The first-order chi connectivity index (χ1) is 8.45. The van der Waals surface area contributed by atoms with E-state index >= 15 is 0 Å². The molecule has 0 atom stereocenters. The monoisotopic (exact) mass is 303 g/mol. The molecule has 18 heavy (non-hydrogen) atoms. The zero-order valence-corrected chi connectivity index (χ0v) is 12.6. The van der Waals surface area contributed by atoms with Crippen molar-refractivity contribution in [2.75, 3.05) is 5.32 Å². The molecule has 0 aliphatic rings. The van der Waals surface area contributed by atoms with E-state index in [1.807, 2.05) is 12.1 Å². The lowest BCUT2D eigenvalue weighted by Crippen LogP contribution is -2.10. The number of halogens is 1. The number of anilines is 2. The van der Waals surface area contributed by atoms with Crippen LogP contribution in [0.5, 0.6) is 0 Å². The SMILES string of the molecule is CC(C)(C)c1ccc(Nc2ccc(Br)cc2)cc1. The van der Waals surface area contributed by atoms with Crippen LogP contribution in [0.2, 0.25) is 0 Å². The van der Waals surface area contributed by atoms with E-state index in [2.05, 4.69) is 78.4 Å². The first-order valence-electron chi connectivity index (χ1n) is 6.08. The van der Waals surface area contributed by atoms with Crippen LogP contribution in [0.4, 0.5) is 11.4 Å². The summed E-state index contributed by atoms with van der Waals surface area (Å²) in [6.45, 7) is 6.68. The van der Waals surface area contributed by atoms with Crippen LogP contribution in [0.15, 0.2) is 53.0 Å². The minimum Gasteiger partial charge on any atom is -0.356 e. The molecule has 0 aliphatic carbocycles. The zero-order valence-electron chi connectivity index (χ0n) is 11.0. The van der Waals surface area contributed by atoms with Crippen molar-refractivity contribution in [2.24, 2.45) is 0 Å². The van der Waals surface area contributed by atoms with Gasteiger partial charge in [0, 0.05) is 15.8 Å². The molecule has 94 valence electrons. The molecule has 1 nitrogen and oxygen atoms in total. The Morgan fingerprint density at radius 2 is 1.22 bits per heavy atom. The summed E-state index contributed by atoms with van der Waals surface area (Å²) in [4.78, 5) is 0. The molecule has 0 bridgehead atoms. The Kier molecular flexibility index (Phi) is 3.76. The normalized spacial score (nSPS) is 11.3. The molecule has 0 aliphatic heterocycles. The Labute approximate surface area is 117 Å². The fraction of sp³-hybridized carbons (Fsp3) is 0.250. The fourth-order valence-electron chi connectivity index (χ4n) is 1.75. The second kappa shape index (κ2) is 5.15. The van der Waals surface area contributed by atoms with Crippen molar-refractivity contribution in [1.29, 1.82) is 0 Å². The van der Waals surface area contributed by atoms with Crippen molar-refractivity contribution in [2.45, 2.75) is 26.2 Å². The molecule has 0 saturated heterocycles. The number of hydrogen-bond donors (Lipinski definition) is 1. The molecule has 0 spiro atoms. The summed E-state index contributed by atoms with van der Waals surface area (Å²) in [6, 6.07) is 16.8. The number of nitrogens with one attached hydrogen (secondary N) is 1. The van der Waals surface area contributed by atoms with Crippen LogP contribution in [-0.4, -0.2) is 0 Å².